The molecule has 2 aromatic carbocycles. The fourth-order valence-corrected chi connectivity index (χ4v) is 8.92. The maximum atomic E-state index is 12.1. The molecular weight excluding hydrogens is 593 g/mol. The van der Waals surface area contributed by atoms with Gasteiger partial charge in [-0.1, -0.05) is 24.3 Å². The first-order chi connectivity index (χ1) is 19.5. The molecule has 2 unspecified atom stereocenters. The van der Waals surface area contributed by atoms with Gasteiger partial charge in [-0.25, -0.2) is 9.59 Å². The van der Waals surface area contributed by atoms with Crippen LogP contribution in [0.1, 0.15) is 12.8 Å². The Morgan fingerprint density at radius 1 is 0.625 bits per heavy atom. The van der Waals surface area contributed by atoms with E-state index in [1.807, 2.05) is 48.5 Å². The minimum atomic E-state index is -0.907. The third kappa shape index (κ3) is 10.3. The SMILES string of the molecule is O=C(OCC(O)COc1ccc(-c2ccc(OCC(O)COC(=O)C3SCCCS3)cc2)cc1)C1SCCCS1. The van der Waals surface area contributed by atoms with Crippen molar-refractivity contribution in [1.29, 1.82) is 0 Å². The molecule has 2 aromatic rings. The zero-order chi connectivity index (χ0) is 28.2. The maximum Gasteiger partial charge on any atom is 0.329 e. The van der Waals surface area contributed by atoms with Crippen LogP contribution in [0.5, 0.6) is 11.5 Å². The predicted octanol–water partition coefficient (Wildman–Crippen LogP) is 4.31. The van der Waals surface area contributed by atoms with Crippen LogP contribution in [0.15, 0.2) is 48.5 Å². The highest BCUT2D eigenvalue weighted by atomic mass is 32.2. The molecule has 2 saturated heterocycles. The van der Waals surface area contributed by atoms with Crippen LogP contribution in [0.25, 0.3) is 11.1 Å². The Hall–Kier alpha value is -1.70. The lowest BCUT2D eigenvalue weighted by atomic mass is 10.1. The number of carbonyl (C=O) groups is 2. The van der Waals surface area contributed by atoms with Crippen LogP contribution < -0.4 is 9.47 Å². The van der Waals surface area contributed by atoms with Crippen molar-refractivity contribution in [3.63, 3.8) is 0 Å². The molecule has 40 heavy (non-hydrogen) atoms. The van der Waals surface area contributed by atoms with Crippen molar-refractivity contribution in [3.8, 4) is 22.6 Å². The standard InChI is InChI=1S/C28H34O8S4/c29-21(17-35-25(31)27-37-11-1-12-38-27)15-33-23-7-3-19(4-8-23)20-5-9-24(10-6-20)34-16-22(30)18-36-26(32)28-39-13-2-14-40-28/h3-10,21-22,27-30H,1-2,11-18H2. The Kier molecular flexibility index (Phi) is 13.0. The van der Waals surface area contributed by atoms with E-state index in [-0.39, 0.29) is 47.5 Å². The van der Waals surface area contributed by atoms with Gasteiger partial charge in [0, 0.05) is 0 Å². The van der Waals surface area contributed by atoms with Crippen LogP contribution in [-0.2, 0) is 19.1 Å². The predicted molar refractivity (Wildman–Crippen MR) is 163 cm³/mol. The van der Waals surface area contributed by atoms with E-state index in [2.05, 4.69) is 0 Å². The van der Waals surface area contributed by atoms with Crippen LogP contribution >= 0.6 is 47.0 Å². The molecule has 2 aliphatic rings. The van der Waals surface area contributed by atoms with Gasteiger partial charge in [0.25, 0.3) is 0 Å². The molecule has 0 bridgehead atoms. The average molecular weight is 627 g/mol. The van der Waals surface area contributed by atoms with Crippen molar-refractivity contribution in [2.24, 2.45) is 0 Å². The minimum Gasteiger partial charge on any atom is -0.491 e. The Balaban J connectivity index is 1.14. The largest absolute Gasteiger partial charge is 0.491 e. The first-order valence-electron chi connectivity index (χ1n) is 13.1. The van der Waals surface area contributed by atoms with Gasteiger partial charge in [0.1, 0.15) is 59.3 Å². The fourth-order valence-electron chi connectivity index (χ4n) is 3.71. The van der Waals surface area contributed by atoms with Gasteiger partial charge in [-0.05, 0) is 71.2 Å². The third-order valence-corrected chi connectivity index (χ3v) is 11.5. The monoisotopic (exact) mass is 626 g/mol. The maximum absolute atomic E-state index is 12.1. The second-order valence-electron chi connectivity index (χ2n) is 9.09. The van der Waals surface area contributed by atoms with Gasteiger partial charge < -0.3 is 29.2 Å². The lowest BCUT2D eigenvalue weighted by Gasteiger charge is -2.20. The smallest absolute Gasteiger partial charge is 0.329 e. The lowest BCUT2D eigenvalue weighted by molar-refractivity contribution is -0.145. The minimum absolute atomic E-state index is 0.0210. The normalized spacial score (nSPS) is 17.9. The van der Waals surface area contributed by atoms with E-state index >= 15 is 0 Å². The second kappa shape index (κ2) is 16.7. The molecule has 2 atom stereocenters. The van der Waals surface area contributed by atoms with E-state index in [0.29, 0.717) is 11.5 Å². The van der Waals surface area contributed by atoms with E-state index in [1.165, 1.54) is 0 Å². The van der Waals surface area contributed by atoms with E-state index in [0.717, 1.165) is 47.0 Å². The zero-order valence-corrected chi connectivity index (χ0v) is 25.2. The molecule has 8 nitrogen and oxygen atoms in total. The van der Waals surface area contributed by atoms with Gasteiger partial charge in [-0.3, -0.25) is 0 Å². The van der Waals surface area contributed by atoms with Gasteiger partial charge in [-0.15, -0.1) is 47.0 Å². The topological polar surface area (TPSA) is 112 Å². The van der Waals surface area contributed by atoms with Gasteiger partial charge in [-0.2, -0.15) is 0 Å². The summed E-state index contributed by atoms with van der Waals surface area (Å²) in [7, 11) is 0. The van der Waals surface area contributed by atoms with E-state index in [1.54, 1.807) is 47.0 Å². The summed E-state index contributed by atoms with van der Waals surface area (Å²) < 4.78 is 21.4. The molecule has 2 N–H and O–H groups in total. The quantitative estimate of drug-likeness (QED) is 0.309. The molecule has 0 spiro atoms. The average Bonchev–Trinajstić information content (AvgIpc) is 3.01. The van der Waals surface area contributed by atoms with Crippen molar-refractivity contribution in [2.75, 3.05) is 49.4 Å². The summed E-state index contributed by atoms with van der Waals surface area (Å²) in [6.45, 7) is -0.145. The summed E-state index contributed by atoms with van der Waals surface area (Å²) in [5.74, 6) is 4.43. The summed E-state index contributed by atoms with van der Waals surface area (Å²) in [4.78, 5) is 24.2. The van der Waals surface area contributed by atoms with Gasteiger partial charge in [0.15, 0.2) is 0 Å². The molecule has 0 amide bonds. The van der Waals surface area contributed by atoms with Crippen LogP contribution in [0, 0.1) is 0 Å². The summed E-state index contributed by atoms with van der Waals surface area (Å²) in [6, 6.07) is 14.9. The Labute approximate surface area is 251 Å². The highest BCUT2D eigenvalue weighted by molar-refractivity contribution is 8.19. The zero-order valence-electron chi connectivity index (χ0n) is 22.0. The van der Waals surface area contributed by atoms with Crippen LogP contribution in [-0.4, -0.2) is 93.0 Å². The molecule has 0 aliphatic carbocycles. The number of hydrogen-bond acceptors (Lipinski definition) is 12. The number of rotatable bonds is 13. The highest BCUT2D eigenvalue weighted by Gasteiger charge is 2.25. The van der Waals surface area contributed by atoms with E-state index in [9.17, 15) is 19.8 Å². The van der Waals surface area contributed by atoms with Gasteiger partial charge >= 0.3 is 11.9 Å². The molecular formula is C28H34O8S4. The van der Waals surface area contributed by atoms with E-state index in [4.69, 9.17) is 18.9 Å². The van der Waals surface area contributed by atoms with Crippen LogP contribution in [0.3, 0.4) is 0 Å². The molecule has 0 radical (unpaired) electrons. The lowest BCUT2D eigenvalue weighted by Crippen LogP contribution is -2.28. The Morgan fingerprint density at radius 3 is 1.32 bits per heavy atom. The number of ether oxygens (including phenoxy) is 4. The molecule has 4 rings (SSSR count). The van der Waals surface area contributed by atoms with Crippen molar-refractivity contribution >= 4 is 59.0 Å². The number of esters is 2. The molecule has 2 fully saturated rings. The number of hydrogen-bond donors (Lipinski definition) is 2. The Morgan fingerprint density at radius 2 is 0.975 bits per heavy atom. The number of benzene rings is 2. The van der Waals surface area contributed by atoms with Gasteiger partial charge in [0.2, 0.25) is 0 Å². The van der Waals surface area contributed by atoms with Crippen molar-refractivity contribution in [2.45, 2.75) is 34.2 Å². The first-order valence-corrected chi connectivity index (χ1v) is 17.3. The number of aliphatic hydroxyl groups is 2. The summed E-state index contributed by atoms with van der Waals surface area (Å²) in [5.41, 5.74) is 1.95. The molecule has 2 heterocycles. The van der Waals surface area contributed by atoms with E-state index < -0.39 is 12.2 Å². The first kappa shape index (κ1) is 31.2. The number of thioether (sulfide) groups is 4. The summed E-state index contributed by atoms with van der Waals surface area (Å²) >= 11 is 6.34. The van der Waals surface area contributed by atoms with Crippen molar-refractivity contribution in [3.05, 3.63) is 48.5 Å². The number of carbonyl (C=O) groups excluding carboxylic acids is 2. The molecule has 2 aliphatic heterocycles. The van der Waals surface area contributed by atoms with Crippen molar-refractivity contribution in [1.82, 2.24) is 0 Å². The van der Waals surface area contributed by atoms with Crippen molar-refractivity contribution < 1.29 is 38.7 Å². The fraction of sp³-hybridized carbons (Fsp3) is 0.500. The molecule has 218 valence electrons. The third-order valence-electron chi connectivity index (χ3n) is 5.80. The highest BCUT2D eigenvalue weighted by Crippen LogP contribution is 2.32. The van der Waals surface area contributed by atoms with Crippen LogP contribution in [0.4, 0.5) is 0 Å². The van der Waals surface area contributed by atoms with Crippen LogP contribution in [0.2, 0.25) is 0 Å². The number of aliphatic hydroxyl groups excluding tert-OH is 2. The second-order valence-corrected chi connectivity index (χ2v) is 14.5. The summed E-state index contributed by atoms with van der Waals surface area (Å²) in [5, 5.41) is 20.3. The molecule has 0 saturated carbocycles. The Bertz CT molecular complexity index is 971. The van der Waals surface area contributed by atoms with Gasteiger partial charge in [0.05, 0.1) is 0 Å². The summed E-state index contributed by atoms with van der Waals surface area (Å²) in [6.07, 6.45) is 0.379. The molecule has 12 heteroatoms. The molecule has 0 aromatic heterocycles.